The predicted molar refractivity (Wildman–Crippen MR) is 69.9 cm³/mol. The Hall–Kier alpha value is -2.10. The summed E-state index contributed by atoms with van der Waals surface area (Å²) in [6.07, 6.45) is 4.45. The van der Waals surface area contributed by atoms with Crippen LogP contribution in [-0.4, -0.2) is 23.6 Å². The van der Waals surface area contributed by atoms with Crippen molar-refractivity contribution in [2.45, 2.75) is 6.42 Å². The quantitative estimate of drug-likeness (QED) is 0.866. The molecular formula is C13H16N4. The maximum absolute atomic E-state index is 5.87. The van der Waals surface area contributed by atoms with Crippen molar-refractivity contribution >= 4 is 11.5 Å². The van der Waals surface area contributed by atoms with Gasteiger partial charge in [0.15, 0.2) is 5.82 Å². The molecule has 0 fully saturated rings. The van der Waals surface area contributed by atoms with Crippen LogP contribution >= 0.6 is 0 Å². The highest BCUT2D eigenvalue weighted by molar-refractivity contribution is 5.61. The summed E-state index contributed by atoms with van der Waals surface area (Å²) in [6, 6.07) is 9.64. The minimum Gasteiger partial charge on any atom is -0.396 e. The van der Waals surface area contributed by atoms with E-state index in [0.29, 0.717) is 5.69 Å². The van der Waals surface area contributed by atoms with Gasteiger partial charge < -0.3 is 10.6 Å². The van der Waals surface area contributed by atoms with Crippen LogP contribution in [0.15, 0.2) is 42.7 Å². The lowest BCUT2D eigenvalue weighted by molar-refractivity contribution is 0.840. The van der Waals surface area contributed by atoms with Gasteiger partial charge in [0.05, 0.1) is 5.69 Å². The summed E-state index contributed by atoms with van der Waals surface area (Å²) in [5.41, 5.74) is 7.65. The molecule has 2 aromatic heterocycles. The first-order valence-corrected chi connectivity index (χ1v) is 5.59. The number of nitrogen functional groups attached to an aromatic ring is 1. The van der Waals surface area contributed by atoms with Crippen molar-refractivity contribution in [1.82, 2.24) is 9.97 Å². The van der Waals surface area contributed by atoms with Crippen molar-refractivity contribution < 1.29 is 0 Å². The maximum Gasteiger partial charge on any atom is 0.151 e. The molecule has 4 heteroatoms. The molecule has 0 saturated carbocycles. The van der Waals surface area contributed by atoms with Crippen LogP contribution in [0.5, 0.6) is 0 Å². The van der Waals surface area contributed by atoms with Gasteiger partial charge in [0.1, 0.15) is 0 Å². The fraction of sp³-hybridized carbons (Fsp3) is 0.231. The molecule has 4 nitrogen and oxygen atoms in total. The molecule has 88 valence electrons. The van der Waals surface area contributed by atoms with Gasteiger partial charge in [-0.1, -0.05) is 6.07 Å². The molecule has 0 aromatic carbocycles. The average Bonchev–Trinajstić information content (AvgIpc) is 2.38. The molecule has 17 heavy (non-hydrogen) atoms. The summed E-state index contributed by atoms with van der Waals surface area (Å²) >= 11 is 0. The molecule has 2 N–H and O–H groups in total. The number of rotatable bonds is 4. The van der Waals surface area contributed by atoms with E-state index in [2.05, 4.69) is 9.97 Å². The number of hydrogen-bond acceptors (Lipinski definition) is 4. The van der Waals surface area contributed by atoms with Crippen molar-refractivity contribution in [2.75, 3.05) is 24.2 Å². The highest BCUT2D eigenvalue weighted by Crippen LogP contribution is 2.17. The molecule has 0 aliphatic rings. The van der Waals surface area contributed by atoms with E-state index in [1.807, 2.05) is 48.5 Å². The Labute approximate surface area is 101 Å². The molecule has 0 unspecified atom stereocenters. The van der Waals surface area contributed by atoms with Crippen LogP contribution in [0.4, 0.5) is 11.5 Å². The van der Waals surface area contributed by atoms with E-state index in [-0.39, 0.29) is 0 Å². The maximum atomic E-state index is 5.87. The second-order valence-electron chi connectivity index (χ2n) is 3.91. The molecule has 0 atom stereocenters. The van der Waals surface area contributed by atoms with Crippen molar-refractivity contribution in [3.63, 3.8) is 0 Å². The summed E-state index contributed by atoms with van der Waals surface area (Å²) in [6.45, 7) is 0.845. The van der Waals surface area contributed by atoms with Crippen LogP contribution in [0.25, 0.3) is 0 Å². The molecule has 0 bridgehead atoms. The monoisotopic (exact) mass is 228 g/mol. The molecule has 2 rings (SSSR count). The Bertz CT molecular complexity index is 470. The van der Waals surface area contributed by atoms with Gasteiger partial charge in [-0.25, -0.2) is 4.98 Å². The van der Waals surface area contributed by atoms with E-state index in [9.17, 15) is 0 Å². The fourth-order valence-corrected chi connectivity index (χ4v) is 1.66. The number of likely N-dealkylation sites (N-methyl/N-ethyl adjacent to an activating group) is 1. The lowest BCUT2D eigenvalue weighted by Crippen LogP contribution is -2.22. The molecule has 0 aliphatic heterocycles. The van der Waals surface area contributed by atoms with E-state index in [1.54, 1.807) is 6.20 Å². The number of hydrogen-bond donors (Lipinski definition) is 1. The van der Waals surface area contributed by atoms with Gasteiger partial charge in [-0.3, -0.25) is 4.98 Å². The van der Waals surface area contributed by atoms with Crippen molar-refractivity contribution in [1.29, 1.82) is 0 Å². The normalized spacial score (nSPS) is 10.2. The van der Waals surface area contributed by atoms with Gasteiger partial charge in [0.25, 0.3) is 0 Å². The third-order valence-corrected chi connectivity index (χ3v) is 2.61. The summed E-state index contributed by atoms with van der Waals surface area (Å²) in [4.78, 5) is 10.6. The van der Waals surface area contributed by atoms with Crippen LogP contribution in [0.2, 0.25) is 0 Å². The lowest BCUT2D eigenvalue weighted by atomic mass is 10.2. The summed E-state index contributed by atoms with van der Waals surface area (Å²) in [5.74, 6) is 0.823. The van der Waals surface area contributed by atoms with Crippen LogP contribution < -0.4 is 10.6 Å². The average molecular weight is 228 g/mol. The van der Waals surface area contributed by atoms with Gasteiger partial charge in [-0.15, -0.1) is 0 Å². The number of nitrogens with two attached hydrogens (primary N) is 1. The standard InChI is InChI=1S/C13H16N4/c1-17(13-12(14)6-4-9-16-13)10-7-11-5-2-3-8-15-11/h2-6,8-9H,7,10,14H2,1H3. The summed E-state index contributed by atoms with van der Waals surface area (Å²) < 4.78 is 0. The van der Waals surface area contributed by atoms with E-state index in [1.165, 1.54) is 0 Å². The third-order valence-electron chi connectivity index (χ3n) is 2.61. The molecular weight excluding hydrogens is 212 g/mol. The van der Waals surface area contributed by atoms with Gasteiger partial charge >= 0.3 is 0 Å². The fourth-order valence-electron chi connectivity index (χ4n) is 1.66. The van der Waals surface area contributed by atoms with E-state index in [4.69, 9.17) is 5.73 Å². The van der Waals surface area contributed by atoms with Crippen molar-refractivity contribution in [2.24, 2.45) is 0 Å². The number of nitrogens with zero attached hydrogens (tertiary/aromatic N) is 3. The second kappa shape index (κ2) is 5.30. The highest BCUT2D eigenvalue weighted by Gasteiger charge is 2.06. The topological polar surface area (TPSA) is 55.0 Å². The first-order chi connectivity index (χ1) is 8.27. The van der Waals surface area contributed by atoms with Gasteiger partial charge in [-0.2, -0.15) is 0 Å². The zero-order valence-electron chi connectivity index (χ0n) is 9.87. The number of pyridine rings is 2. The SMILES string of the molecule is CN(CCc1ccccn1)c1ncccc1N. The van der Waals surface area contributed by atoms with Gasteiger partial charge in [-0.05, 0) is 24.3 Å². The minimum absolute atomic E-state index is 0.705. The Kier molecular flexibility index (Phi) is 3.55. The molecule has 0 spiro atoms. The summed E-state index contributed by atoms with van der Waals surface area (Å²) in [7, 11) is 1.99. The Balaban J connectivity index is 1.99. The number of anilines is 2. The Morgan fingerprint density at radius 3 is 2.65 bits per heavy atom. The van der Waals surface area contributed by atoms with Crippen LogP contribution in [0, 0.1) is 0 Å². The second-order valence-corrected chi connectivity index (χ2v) is 3.91. The zero-order valence-corrected chi connectivity index (χ0v) is 9.87. The van der Waals surface area contributed by atoms with E-state index in [0.717, 1.165) is 24.5 Å². The lowest BCUT2D eigenvalue weighted by Gasteiger charge is -2.19. The number of aromatic nitrogens is 2. The van der Waals surface area contributed by atoms with E-state index < -0.39 is 0 Å². The van der Waals surface area contributed by atoms with Crippen LogP contribution in [0.1, 0.15) is 5.69 Å². The van der Waals surface area contributed by atoms with Gasteiger partial charge in [0.2, 0.25) is 0 Å². The van der Waals surface area contributed by atoms with Crippen molar-refractivity contribution in [3.8, 4) is 0 Å². The van der Waals surface area contributed by atoms with Crippen molar-refractivity contribution in [3.05, 3.63) is 48.4 Å². The molecule has 0 radical (unpaired) electrons. The zero-order chi connectivity index (χ0) is 12.1. The Morgan fingerprint density at radius 2 is 1.94 bits per heavy atom. The van der Waals surface area contributed by atoms with Crippen LogP contribution in [0.3, 0.4) is 0 Å². The van der Waals surface area contributed by atoms with Crippen LogP contribution in [-0.2, 0) is 6.42 Å². The first-order valence-electron chi connectivity index (χ1n) is 5.59. The smallest absolute Gasteiger partial charge is 0.151 e. The highest BCUT2D eigenvalue weighted by atomic mass is 15.2. The minimum atomic E-state index is 0.705. The Morgan fingerprint density at radius 1 is 1.12 bits per heavy atom. The largest absolute Gasteiger partial charge is 0.396 e. The third kappa shape index (κ3) is 2.93. The van der Waals surface area contributed by atoms with Gasteiger partial charge in [0, 0.05) is 38.1 Å². The molecule has 0 amide bonds. The predicted octanol–water partition coefficient (Wildman–Crippen LogP) is 1.74. The summed E-state index contributed by atoms with van der Waals surface area (Å²) in [5, 5.41) is 0. The molecule has 2 heterocycles. The molecule has 2 aromatic rings. The molecule has 0 aliphatic carbocycles. The first kappa shape index (κ1) is 11.4. The van der Waals surface area contributed by atoms with E-state index >= 15 is 0 Å². The molecule has 0 saturated heterocycles.